The lowest BCUT2D eigenvalue weighted by atomic mass is 10.1. The fraction of sp³-hybridized carbons (Fsp3) is 0.632. The average molecular weight is 305 g/mol. The Morgan fingerprint density at radius 2 is 1.59 bits per heavy atom. The number of ether oxygens (including phenoxy) is 1. The van der Waals surface area contributed by atoms with E-state index in [9.17, 15) is 4.79 Å². The molecule has 0 radical (unpaired) electrons. The Labute approximate surface area is 135 Å². The van der Waals surface area contributed by atoms with Gasteiger partial charge in [0.05, 0.1) is 12.3 Å². The number of rotatable bonds is 12. The molecule has 0 saturated heterocycles. The summed E-state index contributed by atoms with van der Waals surface area (Å²) in [5.74, 6) is 0.826. The topological polar surface area (TPSA) is 38.3 Å². The van der Waals surface area contributed by atoms with Crippen LogP contribution in [-0.4, -0.2) is 12.5 Å². The van der Waals surface area contributed by atoms with Gasteiger partial charge in [-0.05, 0) is 25.5 Å². The summed E-state index contributed by atoms with van der Waals surface area (Å²) in [6.45, 7) is 4.78. The summed E-state index contributed by atoms with van der Waals surface area (Å²) in [5, 5.41) is 2.95. The van der Waals surface area contributed by atoms with Crippen molar-refractivity contribution in [1.29, 1.82) is 0 Å². The Bertz CT molecular complexity index is 418. The minimum Gasteiger partial charge on any atom is -0.492 e. The second-order valence-electron chi connectivity index (χ2n) is 5.70. The molecule has 3 nitrogen and oxygen atoms in total. The third-order valence-electron chi connectivity index (χ3n) is 3.72. The molecule has 0 saturated carbocycles. The second-order valence-corrected chi connectivity index (χ2v) is 5.70. The van der Waals surface area contributed by atoms with Crippen molar-refractivity contribution >= 4 is 11.6 Å². The van der Waals surface area contributed by atoms with Crippen LogP contribution in [0.25, 0.3) is 0 Å². The molecule has 22 heavy (non-hydrogen) atoms. The first kappa shape index (κ1) is 18.5. The van der Waals surface area contributed by atoms with Gasteiger partial charge in [-0.3, -0.25) is 4.79 Å². The molecule has 0 aromatic heterocycles. The molecule has 0 bridgehead atoms. The Hall–Kier alpha value is -1.51. The summed E-state index contributed by atoms with van der Waals surface area (Å²) in [6, 6.07) is 7.60. The minimum absolute atomic E-state index is 0.0816. The zero-order chi connectivity index (χ0) is 16.0. The molecule has 0 spiro atoms. The molecule has 1 aromatic rings. The molecule has 1 rings (SSSR count). The Morgan fingerprint density at radius 3 is 2.27 bits per heavy atom. The number of carbonyl (C=O) groups is 1. The van der Waals surface area contributed by atoms with Crippen LogP contribution in [0.4, 0.5) is 5.69 Å². The van der Waals surface area contributed by atoms with Crippen LogP contribution in [0.15, 0.2) is 24.3 Å². The van der Waals surface area contributed by atoms with E-state index in [0.717, 1.165) is 24.3 Å². The number of benzene rings is 1. The number of nitrogens with one attached hydrogen (secondary N) is 1. The lowest BCUT2D eigenvalue weighted by Gasteiger charge is -2.11. The van der Waals surface area contributed by atoms with E-state index >= 15 is 0 Å². The molecular formula is C19H31NO2. The van der Waals surface area contributed by atoms with Crippen LogP contribution < -0.4 is 10.1 Å². The summed E-state index contributed by atoms with van der Waals surface area (Å²) >= 11 is 0. The molecule has 1 aromatic carbocycles. The minimum atomic E-state index is 0.0816. The number of hydrogen-bond donors (Lipinski definition) is 1. The van der Waals surface area contributed by atoms with Crippen molar-refractivity contribution in [2.24, 2.45) is 0 Å². The smallest absolute Gasteiger partial charge is 0.224 e. The fourth-order valence-corrected chi connectivity index (χ4v) is 2.48. The Morgan fingerprint density at radius 1 is 0.955 bits per heavy atom. The highest BCUT2D eigenvalue weighted by Crippen LogP contribution is 2.24. The fourth-order valence-electron chi connectivity index (χ4n) is 2.48. The van der Waals surface area contributed by atoms with Gasteiger partial charge in [-0.25, -0.2) is 0 Å². The first-order valence-electron chi connectivity index (χ1n) is 8.79. The van der Waals surface area contributed by atoms with E-state index in [4.69, 9.17) is 4.74 Å². The highest BCUT2D eigenvalue weighted by Gasteiger charge is 2.06. The molecule has 1 amide bonds. The molecule has 0 aliphatic carbocycles. The Kier molecular flexibility index (Phi) is 10.2. The summed E-state index contributed by atoms with van der Waals surface area (Å²) in [6.07, 6.45) is 10.6. The van der Waals surface area contributed by atoms with Crippen molar-refractivity contribution in [3.05, 3.63) is 24.3 Å². The van der Waals surface area contributed by atoms with Crippen LogP contribution in [0.1, 0.15) is 71.6 Å². The van der Waals surface area contributed by atoms with Crippen molar-refractivity contribution in [3.63, 3.8) is 0 Å². The van der Waals surface area contributed by atoms with Gasteiger partial charge in [-0.1, -0.05) is 64.0 Å². The molecule has 124 valence electrons. The van der Waals surface area contributed by atoms with E-state index in [1.165, 1.54) is 38.5 Å². The summed E-state index contributed by atoms with van der Waals surface area (Å²) in [7, 11) is 0. The SMILES string of the molecule is CCCCCCCCCCC(=O)Nc1ccccc1OCC. The predicted molar refractivity (Wildman–Crippen MR) is 93.5 cm³/mol. The van der Waals surface area contributed by atoms with Crippen LogP contribution in [0.3, 0.4) is 0 Å². The van der Waals surface area contributed by atoms with Crippen LogP contribution in [0.5, 0.6) is 5.75 Å². The van der Waals surface area contributed by atoms with Gasteiger partial charge >= 0.3 is 0 Å². The number of anilines is 1. The maximum Gasteiger partial charge on any atom is 0.224 e. The van der Waals surface area contributed by atoms with Gasteiger partial charge in [0, 0.05) is 6.42 Å². The summed E-state index contributed by atoms with van der Waals surface area (Å²) in [4.78, 5) is 12.0. The zero-order valence-electron chi connectivity index (χ0n) is 14.2. The van der Waals surface area contributed by atoms with Crippen molar-refractivity contribution in [2.75, 3.05) is 11.9 Å². The second kappa shape index (κ2) is 12.1. The van der Waals surface area contributed by atoms with Gasteiger partial charge in [0.15, 0.2) is 0 Å². The normalized spacial score (nSPS) is 10.5. The first-order chi connectivity index (χ1) is 10.8. The molecule has 1 N–H and O–H groups in total. The summed E-state index contributed by atoms with van der Waals surface area (Å²) in [5.41, 5.74) is 0.772. The molecule has 0 aliphatic rings. The number of para-hydroxylation sites is 2. The molecule has 3 heteroatoms. The van der Waals surface area contributed by atoms with Crippen molar-refractivity contribution in [2.45, 2.75) is 71.6 Å². The molecule has 0 aliphatic heterocycles. The maximum absolute atomic E-state index is 12.0. The molecule has 0 unspecified atom stereocenters. The van der Waals surface area contributed by atoms with Crippen molar-refractivity contribution < 1.29 is 9.53 Å². The van der Waals surface area contributed by atoms with E-state index in [-0.39, 0.29) is 5.91 Å². The monoisotopic (exact) mass is 305 g/mol. The van der Waals surface area contributed by atoms with Crippen LogP contribution in [0.2, 0.25) is 0 Å². The first-order valence-corrected chi connectivity index (χ1v) is 8.79. The highest BCUT2D eigenvalue weighted by atomic mass is 16.5. The molecule has 0 fully saturated rings. The molecule has 0 atom stereocenters. The third kappa shape index (κ3) is 8.06. The van der Waals surface area contributed by atoms with E-state index in [0.29, 0.717) is 13.0 Å². The zero-order valence-corrected chi connectivity index (χ0v) is 14.2. The van der Waals surface area contributed by atoms with Crippen molar-refractivity contribution in [1.82, 2.24) is 0 Å². The van der Waals surface area contributed by atoms with Gasteiger partial charge in [-0.2, -0.15) is 0 Å². The van der Waals surface area contributed by atoms with Crippen LogP contribution in [0, 0.1) is 0 Å². The lowest BCUT2D eigenvalue weighted by Crippen LogP contribution is -2.12. The number of amides is 1. The summed E-state index contributed by atoms with van der Waals surface area (Å²) < 4.78 is 5.51. The van der Waals surface area contributed by atoms with E-state index in [1.807, 2.05) is 31.2 Å². The molecular weight excluding hydrogens is 274 g/mol. The quantitative estimate of drug-likeness (QED) is 0.514. The standard InChI is InChI=1S/C19H31NO2/c1-3-5-6-7-8-9-10-11-16-19(21)20-17-14-12-13-15-18(17)22-4-2/h12-15H,3-11,16H2,1-2H3,(H,20,21). The van der Waals surface area contributed by atoms with Crippen LogP contribution >= 0.6 is 0 Å². The van der Waals surface area contributed by atoms with Gasteiger partial charge in [-0.15, -0.1) is 0 Å². The van der Waals surface area contributed by atoms with Crippen molar-refractivity contribution in [3.8, 4) is 5.75 Å². The van der Waals surface area contributed by atoms with Gasteiger partial charge in [0.1, 0.15) is 5.75 Å². The number of hydrogen-bond acceptors (Lipinski definition) is 2. The maximum atomic E-state index is 12.0. The highest BCUT2D eigenvalue weighted by molar-refractivity contribution is 5.92. The number of unbranched alkanes of at least 4 members (excludes halogenated alkanes) is 7. The number of carbonyl (C=O) groups excluding carboxylic acids is 1. The average Bonchev–Trinajstić information content (AvgIpc) is 2.52. The molecule has 0 heterocycles. The van der Waals surface area contributed by atoms with E-state index in [2.05, 4.69) is 12.2 Å². The van der Waals surface area contributed by atoms with Crippen LogP contribution in [-0.2, 0) is 4.79 Å². The van der Waals surface area contributed by atoms with Gasteiger partial charge in [0.25, 0.3) is 0 Å². The van der Waals surface area contributed by atoms with E-state index in [1.54, 1.807) is 0 Å². The third-order valence-corrected chi connectivity index (χ3v) is 3.72. The Balaban J connectivity index is 2.16. The van der Waals surface area contributed by atoms with E-state index < -0.39 is 0 Å². The predicted octanol–water partition coefficient (Wildman–Crippen LogP) is 5.55. The van der Waals surface area contributed by atoms with Gasteiger partial charge in [0.2, 0.25) is 5.91 Å². The largest absolute Gasteiger partial charge is 0.492 e. The lowest BCUT2D eigenvalue weighted by molar-refractivity contribution is -0.116. The van der Waals surface area contributed by atoms with Gasteiger partial charge < -0.3 is 10.1 Å².